The van der Waals surface area contributed by atoms with Crippen molar-refractivity contribution in [1.29, 1.82) is 0 Å². The van der Waals surface area contributed by atoms with Gasteiger partial charge < -0.3 is 20.7 Å². The third-order valence-electron chi connectivity index (χ3n) is 6.75. The molecule has 0 bridgehead atoms. The van der Waals surface area contributed by atoms with E-state index >= 15 is 0 Å². The molecule has 6 rings (SSSR count). The zero-order chi connectivity index (χ0) is 24.4. The number of carbonyl (C=O) groups is 1. The monoisotopic (exact) mass is 482 g/mol. The van der Waals surface area contributed by atoms with E-state index in [0.717, 1.165) is 48.6 Å². The maximum Gasteiger partial charge on any atom is 0.251 e. The van der Waals surface area contributed by atoms with E-state index in [-0.39, 0.29) is 11.9 Å². The van der Waals surface area contributed by atoms with Crippen molar-refractivity contribution in [2.75, 3.05) is 25.0 Å². The van der Waals surface area contributed by atoms with Gasteiger partial charge in [0.1, 0.15) is 12.4 Å². The molecule has 10 nitrogen and oxygen atoms in total. The van der Waals surface area contributed by atoms with Crippen LogP contribution in [0.2, 0.25) is 0 Å². The van der Waals surface area contributed by atoms with Crippen molar-refractivity contribution in [3.63, 3.8) is 0 Å². The standard InChI is InChI=1S/C26H26N8O2/c35-24(30-21-16-36-22-15-29-11-6-20(21)22)18-2-1-3-19(14-18)32-26(7-12-28-13-8-26)25-31-23(33-34-25)17-4-9-27-10-5-17/h1-6,9-11,14-15,21,28,32H,7-8,12-13,16H2,(H,30,35)(H,31,33,34)/t21-/m1/s1. The summed E-state index contributed by atoms with van der Waals surface area (Å²) in [5, 5.41) is 17.8. The SMILES string of the molecule is O=C(N[C@@H]1COc2cnccc21)c1cccc(NC2(c3nc(-c4ccncc4)n[nH]3)CCNCC2)c1. The summed E-state index contributed by atoms with van der Waals surface area (Å²) in [6.07, 6.45) is 8.48. The summed E-state index contributed by atoms with van der Waals surface area (Å²) in [6.45, 7) is 2.08. The maximum absolute atomic E-state index is 13.1. The molecule has 10 heteroatoms. The summed E-state index contributed by atoms with van der Waals surface area (Å²) < 4.78 is 5.65. The highest BCUT2D eigenvalue weighted by atomic mass is 16.5. The number of hydrogen-bond acceptors (Lipinski definition) is 8. The minimum absolute atomic E-state index is 0.157. The average molecular weight is 483 g/mol. The van der Waals surface area contributed by atoms with Crippen LogP contribution in [0.15, 0.2) is 67.3 Å². The molecule has 0 aliphatic carbocycles. The van der Waals surface area contributed by atoms with Gasteiger partial charge in [-0.15, -0.1) is 0 Å². The van der Waals surface area contributed by atoms with Crippen molar-refractivity contribution in [3.8, 4) is 17.1 Å². The lowest BCUT2D eigenvalue weighted by Gasteiger charge is -2.37. The maximum atomic E-state index is 13.1. The Balaban J connectivity index is 1.23. The number of nitrogens with zero attached hydrogens (tertiary/aromatic N) is 4. The Bertz CT molecular complexity index is 1370. The molecule has 1 fully saturated rings. The zero-order valence-corrected chi connectivity index (χ0v) is 19.6. The largest absolute Gasteiger partial charge is 0.489 e. The van der Waals surface area contributed by atoms with Crippen LogP contribution in [0.3, 0.4) is 0 Å². The molecule has 36 heavy (non-hydrogen) atoms. The molecule has 0 unspecified atom stereocenters. The fraction of sp³-hybridized carbons (Fsp3) is 0.269. The molecule has 1 atom stereocenters. The van der Waals surface area contributed by atoms with Gasteiger partial charge in [0, 0.05) is 41.0 Å². The number of aromatic amines is 1. The molecule has 2 aliphatic heterocycles. The van der Waals surface area contributed by atoms with Crippen molar-refractivity contribution in [2.45, 2.75) is 24.4 Å². The van der Waals surface area contributed by atoms with Crippen LogP contribution in [-0.2, 0) is 5.54 Å². The van der Waals surface area contributed by atoms with Gasteiger partial charge in [0.05, 0.1) is 17.8 Å². The lowest BCUT2D eigenvalue weighted by molar-refractivity contribution is 0.0930. The van der Waals surface area contributed by atoms with Crippen molar-refractivity contribution < 1.29 is 9.53 Å². The number of benzene rings is 1. The van der Waals surface area contributed by atoms with Crippen LogP contribution in [0.4, 0.5) is 5.69 Å². The lowest BCUT2D eigenvalue weighted by atomic mass is 9.87. The number of amides is 1. The number of H-pyrrole nitrogens is 1. The van der Waals surface area contributed by atoms with Crippen molar-refractivity contribution in [3.05, 3.63) is 84.2 Å². The highest BCUT2D eigenvalue weighted by Gasteiger charge is 2.37. The minimum atomic E-state index is -0.441. The van der Waals surface area contributed by atoms with Crippen LogP contribution < -0.4 is 20.7 Å². The third-order valence-corrected chi connectivity index (χ3v) is 6.75. The molecule has 0 radical (unpaired) electrons. The number of hydrogen-bond donors (Lipinski definition) is 4. The van der Waals surface area contributed by atoms with Gasteiger partial charge in [-0.05, 0) is 62.3 Å². The molecule has 3 aromatic heterocycles. The molecule has 1 saturated heterocycles. The van der Waals surface area contributed by atoms with Gasteiger partial charge in [0.25, 0.3) is 5.91 Å². The normalized spacial score (nSPS) is 18.2. The molecule has 5 heterocycles. The van der Waals surface area contributed by atoms with E-state index < -0.39 is 5.54 Å². The van der Waals surface area contributed by atoms with Crippen LogP contribution in [0.1, 0.15) is 40.6 Å². The molecule has 4 N–H and O–H groups in total. The number of fused-ring (bicyclic) bond motifs is 1. The predicted octanol–water partition coefficient (Wildman–Crippen LogP) is 2.82. The van der Waals surface area contributed by atoms with Crippen LogP contribution in [-0.4, -0.2) is 50.8 Å². The van der Waals surface area contributed by atoms with Gasteiger partial charge in [-0.1, -0.05) is 6.07 Å². The number of aromatic nitrogens is 5. The van der Waals surface area contributed by atoms with E-state index in [2.05, 4.69) is 36.1 Å². The molecular weight excluding hydrogens is 456 g/mol. The topological polar surface area (TPSA) is 130 Å². The highest BCUT2D eigenvalue weighted by Crippen LogP contribution is 2.34. The number of pyridine rings is 2. The fourth-order valence-electron chi connectivity index (χ4n) is 4.82. The van der Waals surface area contributed by atoms with Gasteiger partial charge in [0.2, 0.25) is 0 Å². The number of ether oxygens (including phenoxy) is 1. The third kappa shape index (κ3) is 4.27. The Morgan fingerprint density at radius 2 is 1.89 bits per heavy atom. The van der Waals surface area contributed by atoms with E-state index in [1.54, 1.807) is 24.8 Å². The molecule has 182 valence electrons. The Hall–Kier alpha value is -4.31. The van der Waals surface area contributed by atoms with E-state index in [1.165, 1.54) is 0 Å². The summed E-state index contributed by atoms with van der Waals surface area (Å²) in [7, 11) is 0. The molecule has 1 amide bonds. The second-order valence-corrected chi connectivity index (χ2v) is 9.03. The first kappa shape index (κ1) is 22.2. The minimum Gasteiger partial charge on any atom is -0.489 e. The van der Waals surface area contributed by atoms with Crippen molar-refractivity contribution >= 4 is 11.6 Å². The van der Waals surface area contributed by atoms with Crippen molar-refractivity contribution in [1.82, 2.24) is 35.8 Å². The van der Waals surface area contributed by atoms with Crippen molar-refractivity contribution in [2.24, 2.45) is 0 Å². The first-order valence-corrected chi connectivity index (χ1v) is 12.0. The molecular formula is C26H26N8O2. The lowest BCUT2D eigenvalue weighted by Crippen LogP contribution is -2.46. The van der Waals surface area contributed by atoms with Gasteiger partial charge in [-0.3, -0.25) is 19.9 Å². The number of rotatable bonds is 6. The summed E-state index contributed by atoms with van der Waals surface area (Å²) in [6, 6.07) is 13.0. The van der Waals surface area contributed by atoms with E-state index in [4.69, 9.17) is 9.72 Å². The Morgan fingerprint density at radius 3 is 2.75 bits per heavy atom. The van der Waals surface area contributed by atoms with Crippen LogP contribution in [0.5, 0.6) is 5.75 Å². The number of piperidine rings is 1. The first-order valence-electron chi connectivity index (χ1n) is 12.0. The molecule has 1 aromatic carbocycles. The summed E-state index contributed by atoms with van der Waals surface area (Å²) >= 11 is 0. The van der Waals surface area contributed by atoms with E-state index in [9.17, 15) is 4.79 Å². The average Bonchev–Trinajstić information content (AvgIpc) is 3.59. The number of carbonyl (C=O) groups excluding carboxylic acids is 1. The first-order chi connectivity index (χ1) is 17.7. The fourth-order valence-corrected chi connectivity index (χ4v) is 4.82. The summed E-state index contributed by atoms with van der Waals surface area (Å²) in [5.41, 5.74) is 2.82. The molecule has 0 saturated carbocycles. The molecule has 0 spiro atoms. The quantitative estimate of drug-likeness (QED) is 0.330. The summed E-state index contributed by atoms with van der Waals surface area (Å²) in [4.78, 5) is 26.1. The molecule has 2 aliphatic rings. The van der Waals surface area contributed by atoms with Gasteiger partial charge >= 0.3 is 0 Å². The molecule has 4 aromatic rings. The van der Waals surface area contributed by atoms with E-state index in [0.29, 0.717) is 23.7 Å². The van der Waals surface area contributed by atoms with Crippen LogP contribution >= 0.6 is 0 Å². The van der Waals surface area contributed by atoms with Gasteiger partial charge in [0.15, 0.2) is 11.6 Å². The Kier molecular flexibility index (Phi) is 5.78. The number of nitrogens with one attached hydrogen (secondary N) is 4. The van der Waals surface area contributed by atoms with Gasteiger partial charge in [-0.25, -0.2) is 4.98 Å². The van der Waals surface area contributed by atoms with Gasteiger partial charge in [-0.2, -0.15) is 5.10 Å². The predicted molar refractivity (Wildman–Crippen MR) is 133 cm³/mol. The second kappa shape index (κ2) is 9.38. The summed E-state index contributed by atoms with van der Waals surface area (Å²) in [5.74, 6) is 1.97. The Labute approximate surface area is 207 Å². The van der Waals surface area contributed by atoms with Crippen LogP contribution in [0.25, 0.3) is 11.4 Å². The van der Waals surface area contributed by atoms with Crippen LogP contribution in [0, 0.1) is 0 Å². The number of anilines is 1. The zero-order valence-electron chi connectivity index (χ0n) is 19.6. The Morgan fingerprint density at radius 1 is 1.06 bits per heavy atom. The van der Waals surface area contributed by atoms with E-state index in [1.807, 2.05) is 42.5 Å². The second-order valence-electron chi connectivity index (χ2n) is 9.03. The smallest absolute Gasteiger partial charge is 0.251 e. The highest BCUT2D eigenvalue weighted by molar-refractivity contribution is 5.95.